The van der Waals surface area contributed by atoms with Crippen LogP contribution >= 0.6 is 0 Å². The Bertz CT molecular complexity index is 906. The molecule has 3 aromatic rings. The van der Waals surface area contributed by atoms with Crippen molar-refractivity contribution in [3.05, 3.63) is 72.1 Å². The molecular formula is C20H18N2O3. The van der Waals surface area contributed by atoms with Gasteiger partial charge in [-0.05, 0) is 36.8 Å². The number of hydrogen-bond donors (Lipinski definition) is 0. The molecule has 0 aliphatic heterocycles. The van der Waals surface area contributed by atoms with Crippen molar-refractivity contribution < 1.29 is 14.3 Å². The summed E-state index contributed by atoms with van der Waals surface area (Å²) in [5, 5.41) is 0. The van der Waals surface area contributed by atoms with E-state index < -0.39 is 5.97 Å². The van der Waals surface area contributed by atoms with Gasteiger partial charge in [-0.2, -0.15) is 0 Å². The second-order valence-corrected chi connectivity index (χ2v) is 5.40. The van der Waals surface area contributed by atoms with Gasteiger partial charge < -0.3 is 9.47 Å². The fraction of sp³-hybridized carbons (Fsp3) is 0.150. The number of carbonyl (C=O) groups excluding carboxylic acids is 1. The fourth-order valence-electron chi connectivity index (χ4n) is 2.27. The third-order valence-corrected chi connectivity index (χ3v) is 3.54. The highest BCUT2D eigenvalue weighted by Crippen LogP contribution is 2.15. The van der Waals surface area contributed by atoms with E-state index in [0.717, 1.165) is 22.3 Å². The summed E-state index contributed by atoms with van der Waals surface area (Å²) in [5.74, 6) is 0.351. The molecule has 2 aromatic carbocycles. The van der Waals surface area contributed by atoms with E-state index in [1.54, 1.807) is 12.3 Å². The van der Waals surface area contributed by atoms with E-state index in [2.05, 4.69) is 9.97 Å². The predicted molar refractivity (Wildman–Crippen MR) is 96.2 cm³/mol. The number of aryl methyl sites for hydroxylation is 1. The number of hydrogen-bond acceptors (Lipinski definition) is 5. The zero-order valence-electron chi connectivity index (χ0n) is 13.9. The Labute approximate surface area is 145 Å². The zero-order valence-corrected chi connectivity index (χ0v) is 13.9. The van der Waals surface area contributed by atoms with Crippen molar-refractivity contribution in [1.29, 1.82) is 0 Å². The minimum atomic E-state index is -0.441. The Morgan fingerprint density at radius 2 is 1.80 bits per heavy atom. The molecule has 0 saturated carbocycles. The van der Waals surface area contributed by atoms with Crippen LogP contribution in [0.3, 0.4) is 0 Å². The maximum Gasteiger partial charge on any atom is 0.330 e. The van der Waals surface area contributed by atoms with Gasteiger partial charge in [-0.15, -0.1) is 0 Å². The van der Waals surface area contributed by atoms with Gasteiger partial charge in [0.2, 0.25) is 0 Å². The van der Waals surface area contributed by atoms with Crippen LogP contribution in [0.2, 0.25) is 0 Å². The van der Waals surface area contributed by atoms with Crippen LogP contribution in [-0.4, -0.2) is 29.2 Å². The first-order valence-corrected chi connectivity index (χ1v) is 7.97. The smallest absolute Gasteiger partial charge is 0.330 e. The summed E-state index contributed by atoms with van der Waals surface area (Å²) >= 11 is 0. The molecule has 0 bridgehead atoms. The van der Waals surface area contributed by atoms with Gasteiger partial charge in [-0.25, -0.2) is 9.78 Å². The van der Waals surface area contributed by atoms with Gasteiger partial charge in [0.05, 0.1) is 22.9 Å². The van der Waals surface area contributed by atoms with Crippen LogP contribution in [0, 0.1) is 6.92 Å². The molecule has 0 aliphatic carbocycles. The lowest BCUT2D eigenvalue weighted by Gasteiger charge is -2.08. The van der Waals surface area contributed by atoms with Crippen molar-refractivity contribution in [2.24, 2.45) is 0 Å². The van der Waals surface area contributed by atoms with E-state index in [0.29, 0.717) is 12.3 Å². The highest BCUT2D eigenvalue weighted by Gasteiger charge is 2.01. The normalized spacial score (nSPS) is 10.9. The molecule has 0 spiro atoms. The van der Waals surface area contributed by atoms with Crippen molar-refractivity contribution in [3.63, 3.8) is 0 Å². The number of para-hydroxylation sites is 3. The summed E-state index contributed by atoms with van der Waals surface area (Å²) in [4.78, 5) is 20.4. The number of ether oxygens (including phenoxy) is 2. The van der Waals surface area contributed by atoms with Crippen molar-refractivity contribution in [3.8, 4) is 5.75 Å². The summed E-state index contributed by atoms with van der Waals surface area (Å²) < 4.78 is 10.7. The SMILES string of the molecule is Cc1ccccc1OCCOC(=O)/C=C/c1cnc2ccccc2n1. The van der Waals surface area contributed by atoms with Crippen LogP contribution < -0.4 is 4.74 Å². The number of nitrogens with zero attached hydrogens (tertiary/aromatic N) is 2. The number of esters is 1. The van der Waals surface area contributed by atoms with E-state index >= 15 is 0 Å². The van der Waals surface area contributed by atoms with Gasteiger partial charge in [0, 0.05) is 6.08 Å². The number of rotatable bonds is 6. The highest BCUT2D eigenvalue weighted by atomic mass is 16.6. The molecule has 0 N–H and O–H groups in total. The molecule has 0 saturated heterocycles. The number of benzene rings is 2. The zero-order chi connectivity index (χ0) is 17.5. The van der Waals surface area contributed by atoms with E-state index in [1.165, 1.54) is 6.08 Å². The Kier molecular flexibility index (Phi) is 5.36. The lowest BCUT2D eigenvalue weighted by Crippen LogP contribution is -2.10. The predicted octanol–water partition coefficient (Wildman–Crippen LogP) is 3.57. The maximum absolute atomic E-state index is 11.7. The molecule has 3 rings (SSSR count). The minimum Gasteiger partial charge on any atom is -0.490 e. The maximum atomic E-state index is 11.7. The highest BCUT2D eigenvalue weighted by molar-refractivity contribution is 5.87. The summed E-state index contributed by atoms with van der Waals surface area (Å²) in [6.07, 6.45) is 4.55. The molecule has 25 heavy (non-hydrogen) atoms. The molecule has 126 valence electrons. The fourth-order valence-corrected chi connectivity index (χ4v) is 2.27. The summed E-state index contributed by atoms with van der Waals surface area (Å²) in [6, 6.07) is 15.3. The van der Waals surface area contributed by atoms with Gasteiger partial charge in [-0.3, -0.25) is 4.98 Å². The third kappa shape index (κ3) is 4.64. The largest absolute Gasteiger partial charge is 0.490 e. The number of aromatic nitrogens is 2. The lowest BCUT2D eigenvalue weighted by molar-refractivity contribution is -0.138. The molecule has 5 nitrogen and oxygen atoms in total. The first kappa shape index (κ1) is 16.6. The van der Waals surface area contributed by atoms with Crippen LogP contribution in [0.4, 0.5) is 0 Å². The van der Waals surface area contributed by atoms with Crippen LogP contribution in [0.1, 0.15) is 11.3 Å². The van der Waals surface area contributed by atoms with Crippen molar-refractivity contribution in [2.45, 2.75) is 6.92 Å². The van der Waals surface area contributed by atoms with Crippen LogP contribution in [0.15, 0.2) is 60.8 Å². The minimum absolute atomic E-state index is 0.181. The third-order valence-electron chi connectivity index (χ3n) is 3.54. The van der Waals surface area contributed by atoms with Gasteiger partial charge in [-0.1, -0.05) is 30.3 Å². The average molecular weight is 334 g/mol. The van der Waals surface area contributed by atoms with E-state index in [9.17, 15) is 4.79 Å². The average Bonchev–Trinajstić information content (AvgIpc) is 2.64. The Balaban J connectivity index is 1.48. The van der Waals surface area contributed by atoms with Crippen LogP contribution in [0.25, 0.3) is 17.1 Å². The molecule has 1 aromatic heterocycles. The topological polar surface area (TPSA) is 61.3 Å². The first-order valence-electron chi connectivity index (χ1n) is 7.97. The standard InChI is InChI=1S/C20H18N2O3/c1-15-6-2-5-9-19(15)24-12-13-25-20(23)11-10-16-14-21-17-7-3-4-8-18(17)22-16/h2-11,14H,12-13H2,1H3/b11-10+. The van der Waals surface area contributed by atoms with Gasteiger partial charge in [0.25, 0.3) is 0 Å². The quantitative estimate of drug-likeness (QED) is 0.392. The Morgan fingerprint density at radius 1 is 1.04 bits per heavy atom. The summed E-state index contributed by atoms with van der Waals surface area (Å²) in [6.45, 7) is 2.45. The molecule has 0 amide bonds. The number of fused-ring (bicyclic) bond motifs is 1. The first-order chi connectivity index (χ1) is 12.2. The second kappa shape index (κ2) is 8.06. The van der Waals surface area contributed by atoms with Crippen molar-refractivity contribution >= 4 is 23.1 Å². The second-order valence-electron chi connectivity index (χ2n) is 5.40. The van der Waals surface area contributed by atoms with Gasteiger partial charge >= 0.3 is 5.97 Å². The van der Waals surface area contributed by atoms with Crippen molar-refractivity contribution in [1.82, 2.24) is 9.97 Å². The Hall–Kier alpha value is -3.21. The summed E-state index contributed by atoms with van der Waals surface area (Å²) in [5.41, 5.74) is 3.25. The van der Waals surface area contributed by atoms with Crippen molar-refractivity contribution in [2.75, 3.05) is 13.2 Å². The van der Waals surface area contributed by atoms with E-state index in [4.69, 9.17) is 9.47 Å². The molecule has 0 fully saturated rings. The van der Waals surface area contributed by atoms with Crippen LogP contribution in [-0.2, 0) is 9.53 Å². The van der Waals surface area contributed by atoms with E-state index in [1.807, 2.05) is 55.5 Å². The molecule has 5 heteroatoms. The molecule has 1 heterocycles. The molecule has 0 radical (unpaired) electrons. The molecule has 0 atom stereocenters. The summed E-state index contributed by atoms with van der Waals surface area (Å²) in [7, 11) is 0. The monoisotopic (exact) mass is 334 g/mol. The molecular weight excluding hydrogens is 316 g/mol. The van der Waals surface area contributed by atoms with Gasteiger partial charge in [0.1, 0.15) is 19.0 Å². The number of carbonyl (C=O) groups is 1. The lowest BCUT2D eigenvalue weighted by atomic mass is 10.2. The van der Waals surface area contributed by atoms with E-state index in [-0.39, 0.29) is 6.61 Å². The van der Waals surface area contributed by atoms with Gasteiger partial charge in [0.15, 0.2) is 0 Å². The molecule has 0 unspecified atom stereocenters. The molecule has 0 aliphatic rings. The van der Waals surface area contributed by atoms with Crippen LogP contribution in [0.5, 0.6) is 5.75 Å². The Morgan fingerprint density at radius 3 is 2.64 bits per heavy atom.